The van der Waals surface area contributed by atoms with Gasteiger partial charge in [0, 0.05) is 6.54 Å². The van der Waals surface area contributed by atoms with Gasteiger partial charge < -0.3 is 16.0 Å². The van der Waals surface area contributed by atoms with Gasteiger partial charge in [-0.05, 0) is 50.4 Å². The number of alkyl halides is 3. The second kappa shape index (κ2) is 8.84. The van der Waals surface area contributed by atoms with E-state index >= 15 is 0 Å². The summed E-state index contributed by atoms with van der Waals surface area (Å²) in [4.78, 5) is 23.7. The van der Waals surface area contributed by atoms with E-state index in [2.05, 4.69) is 16.0 Å². The molecule has 0 aromatic heterocycles. The third-order valence-corrected chi connectivity index (χ3v) is 4.16. The summed E-state index contributed by atoms with van der Waals surface area (Å²) in [6.07, 6.45) is -1.55. The van der Waals surface area contributed by atoms with Gasteiger partial charge in [0.15, 0.2) is 0 Å². The van der Waals surface area contributed by atoms with E-state index in [1.807, 2.05) is 0 Å². The Morgan fingerprint density at radius 1 is 1.20 bits per heavy atom. The van der Waals surface area contributed by atoms with Crippen LogP contribution in [0.3, 0.4) is 0 Å². The predicted octanol–water partition coefficient (Wildman–Crippen LogP) is 1.94. The quantitative estimate of drug-likeness (QED) is 0.729. The van der Waals surface area contributed by atoms with Crippen LogP contribution in [0.2, 0.25) is 0 Å². The van der Waals surface area contributed by atoms with Crippen LogP contribution in [0.15, 0.2) is 24.3 Å². The molecule has 0 saturated carbocycles. The van der Waals surface area contributed by atoms with Crippen molar-refractivity contribution in [3.05, 3.63) is 35.4 Å². The topological polar surface area (TPSA) is 70.2 Å². The van der Waals surface area contributed by atoms with Crippen molar-refractivity contribution in [3.63, 3.8) is 0 Å². The molecule has 2 rings (SSSR count). The smallest absolute Gasteiger partial charge is 0.355 e. The summed E-state index contributed by atoms with van der Waals surface area (Å²) >= 11 is 0. The van der Waals surface area contributed by atoms with Gasteiger partial charge in [-0.2, -0.15) is 13.2 Å². The lowest BCUT2D eigenvalue weighted by Gasteiger charge is -2.22. The monoisotopic (exact) mass is 357 g/mol. The molecule has 1 aromatic carbocycles. The number of piperidine rings is 1. The third kappa shape index (κ3) is 6.04. The molecule has 1 unspecified atom stereocenters. The maximum absolute atomic E-state index is 12.9. The Hall–Kier alpha value is -2.09. The van der Waals surface area contributed by atoms with Gasteiger partial charge in [-0.15, -0.1) is 0 Å². The number of hydrogen-bond donors (Lipinski definition) is 3. The molecular weight excluding hydrogens is 335 g/mol. The Bertz CT molecular complexity index is 599. The highest BCUT2D eigenvalue weighted by Gasteiger charge is 2.34. The van der Waals surface area contributed by atoms with Gasteiger partial charge in [0.25, 0.3) is 5.91 Å². The Morgan fingerprint density at radius 2 is 1.96 bits per heavy atom. The Labute approximate surface area is 144 Å². The summed E-state index contributed by atoms with van der Waals surface area (Å²) in [6.45, 7) is 2.09. The van der Waals surface area contributed by atoms with Gasteiger partial charge in [0.05, 0.1) is 17.7 Å². The zero-order chi connectivity index (χ0) is 18.3. The van der Waals surface area contributed by atoms with Crippen molar-refractivity contribution in [2.75, 3.05) is 26.2 Å². The van der Waals surface area contributed by atoms with Gasteiger partial charge in [0.1, 0.15) is 0 Å². The van der Waals surface area contributed by atoms with Crippen molar-refractivity contribution in [1.82, 2.24) is 16.0 Å². The van der Waals surface area contributed by atoms with E-state index in [4.69, 9.17) is 0 Å². The first kappa shape index (κ1) is 19.2. The predicted molar refractivity (Wildman–Crippen MR) is 87.0 cm³/mol. The van der Waals surface area contributed by atoms with E-state index in [0.717, 1.165) is 44.5 Å². The second-order valence-corrected chi connectivity index (χ2v) is 6.08. The summed E-state index contributed by atoms with van der Waals surface area (Å²) in [5.74, 6) is -0.816. The van der Waals surface area contributed by atoms with Crippen LogP contribution in [-0.4, -0.2) is 38.0 Å². The molecular formula is C17H22F3N3O2. The molecule has 1 heterocycles. The molecule has 138 valence electrons. The SMILES string of the molecule is O=C(CNC(=O)c1ccccc1C(F)(F)F)NCCC1CCCNC1. The number of amides is 2. The minimum absolute atomic E-state index is 0.353. The van der Waals surface area contributed by atoms with E-state index in [-0.39, 0.29) is 6.54 Å². The molecule has 1 aliphatic heterocycles. The fourth-order valence-electron chi connectivity index (χ4n) is 2.83. The van der Waals surface area contributed by atoms with Crippen molar-refractivity contribution in [1.29, 1.82) is 0 Å². The first-order valence-electron chi connectivity index (χ1n) is 8.30. The highest BCUT2D eigenvalue weighted by Crippen LogP contribution is 2.31. The molecule has 1 fully saturated rings. The highest BCUT2D eigenvalue weighted by atomic mass is 19.4. The van der Waals surface area contributed by atoms with Crippen LogP contribution in [0.1, 0.15) is 35.2 Å². The summed E-state index contributed by atoms with van der Waals surface area (Å²) in [5.41, 5.74) is -1.51. The Morgan fingerprint density at radius 3 is 2.64 bits per heavy atom. The molecule has 3 N–H and O–H groups in total. The minimum Gasteiger partial charge on any atom is -0.355 e. The third-order valence-electron chi connectivity index (χ3n) is 4.16. The average molecular weight is 357 g/mol. The molecule has 5 nitrogen and oxygen atoms in total. The molecule has 1 atom stereocenters. The van der Waals surface area contributed by atoms with Crippen molar-refractivity contribution < 1.29 is 22.8 Å². The Balaban J connectivity index is 1.77. The molecule has 1 aliphatic rings. The molecule has 1 aromatic rings. The van der Waals surface area contributed by atoms with Crippen LogP contribution in [0.5, 0.6) is 0 Å². The molecule has 0 radical (unpaired) electrons. The van der Waals surface area contributed by atoms with Crippen molar-refractivity contribution in [2.24, 2.45) is 5.92 Å². The van der Waals surface area contributed by atoms with Gasteiger partial charge in [0.2, 0.25) is 5.91 Å². The van der Waals surface area contributed by atoms with Crippen LogP contribution in [0, 0.1) is 5.92 Å². The number of carbonyl (C=O) groups excluding carboxylic acids is 2. The molecule has 0 spiro atoms. The largest absolute Gasteiger partial charge is 0.417 e. The number of hydrogen-bond acceptors (Lipinski definition) is 3. The fourth-order valence-corrected chi connectivity index (χ4v) is 2.83. The van der Waals surface area contributed by atoms with E-state index in [1.54, 1.807) is 0 Å². The van der Waals surface area contributed by atoms with Crippen molar-refractivity contribution in [2.45, 2.75) is 25.4 Å². The molecule has 2 amide bonds. The van der Waals surface area contributed by atoms with E-state index in [0.29, 0.717) is 12.5 Å². The fraction of sp³-hybridized carbons (Fsp3) is 0.529. The van der Waals surface area contributed by atoms with Gasteiger partial charge in [-0.25, -0.2) is 0 Å². The van der Waals surface area contributed by atoms with E-state index in [9.17, 15) is 22.8 Å². The van der Waals surface area contributed by atoms with Crippen LogP contribution in [-0.2, 0) is 11.0 Å². The molecule has 0 bridgehead atoms. The number of nitrogens with one attached hydrogen (secondary N) is 3. The summed E-state index contributed by atoms with van der Waals surface area (Å²) in [6, 6.07) is 4.49. The Kier molecular flexibility index (Phi) is 6.81. The first-order chi connectivity index (χ1) is 11.9. The van der Waals surface area contributed by atoms with E-state index < -0.39 is 29.1 Å². The van der Waals surface area contributed by atoms with Crippen LogP contribution in [0.25, 0.3) is 0 Å². The van der Waals surface area contributed by atoms with Crippen LogP contribution < -0.4 is 16.0 Å². The molecule has 8 heteroatoms. The molecule has 25 heavy (non-hydrogen) atoms. The molecule has 0 aliphatic carbocycles. The van der Waals surface area contributed by atoms with E-state index in [1.165, 1.54) is 12.1 Å². The summed E-state index contributed by atoms with van der Waals surface area (Å²) < 4.78 is 38.7. The minimum atomic E-state index is -4.62. The highest BCUT2D eigenvalue weighted by molar-refractivity contribution is 5.97. The lowest BCUT2D eigenvalue weighted by atomic mass is 9.96. The normalized spacial score (nSPS) is 17.8. The van der Waals surface area contributed by atoms with Crippen LogP contribution >= 0.6 is 0 Å². The number of carbonyl (C=O) groups is 2. The number of halogens is 3. The van der Waals surface area contributed by atoms with Gasteiger partial charge in [-0.1, -0.05) is 12.1 Å². The zero-order valence-corrected chi connectivity index (χ0v) is 13.8. The van der Waals surface area contributed by atoms with Crippen molar-refractivity contribution in [3.8, 4) is 0 Å². The number of benzene rings is 1. The zero-order valence-electron chi connectivity index (χ0n) is 13.8. The second-order valence-electron chi connectivity index (χ2n) is 6.08. The number of rotatable bonds is 6. The standard InChI is InChI=1S/C17H22F3N3O2/c18-17(19,20)14-6-2-1-5-13(14)16(25)23-11-15(24)22-9-7-12-4-3-8-21-10-12/h1-2,5-6,12,21H,3-4,7-11H2,(H,22,24)(H,23,25). The summed E-state index contributed by atoms with van der Waals surface area (Å²) in [5, 5.41) is 8.20. The first-order valence-corrected chi connectivity index (χ1v) is 8.30. The van der Waals surface area contributed by atoms with Gasteiger partial charge >= 0.3 is 6.18 Å². The average Bonchev–Trinajstić information content (AvgIpc) is 2.60. The lowest BCUT2D eigenvalue weighted by molar-refractivity contribution is -0.137. The summed E-state index contributed by atoms with van der Waals surface area (Å²) in [7, 11) is 0. The van der Waals surface area contributed by atoms with Gasteiger partial charge in [-0.3, -0.25) is 9.59 Å². The molecule has 1 saturated heterocycles. The maximum Gasteiger partial charge on any atom is 0.417 e. The van der Waals surface area contributed by atoms with Crippen molar-refractivity contribution >= 4 is 11.8 Å². The lowest BCUT2D eigenvalue weighted by Crippen LogP contribution is -2.39. The van der Waals surface area contributed by atoms with Crippen LogP contribution in [0.4, 0.5) is 13.2 Å². The maximum atomic E-state index is 12.9.